The van der Waals surface area contributed by atoms with Crippen LogP contribution >= 0.6 is 11.6 Å². The van der Waals surface area contributed by atoms with Gasteiger partial charge in [0, 0.05) is 0 Å². The number of halogens is 2. The van der Waals surface area contributed by atoms with Crippen molar-refractivity contribution in [1.29, 1.82) is 0 Å². The van der Waals surface area contributed by atoms with E-state index in [0.29, 0.717) is 5.56 Å². The summed E-state index contributed by atoms with van der Waals surface area (Å²) in [7, 11) is 0. The second-order valence-corrected chi connectivity index (χ2v) is 5.60. The van der Waals surface area contributed by atoms with E-state index in [-0.39, 0.29) is 30.2 Å². The van der Waals surface area contributed by atoms with Gasteiger partial charge in [-0.25, -0.2) is 4.39 Å². The fourth-order valence-corrected chi connectivity index (χ4v) is 2.59. The molecule has 0 spiro atoms. The summed E-state index contributed by atoms with van der Waals surface area (Å²) in [5, 5.41) is 10.4. The number of carbonyl (C=O) groups is 1. The molecule has 0 aromatic heterocycles. The SMILES string of the molecule is C[C@H](c1ccccc1)N(C[C@H](O)c1ccc(F)cc1)C(=O)CCl. The lowest BCUT2D eigenvalue weighted by Gasteiger charge is -2.31. The van der Waals surface area contributed by atoms with E-state index in [9.17, 15) is 14.3 Å². The molecule has 0 bridgehead atoms. The van der Waals surface area contributed by atoms with Gasteiger partial charge in [0.25, 0.3) is 0 Å². The zero-order valence-electron chi connectivity index (χ0n) is 12.8. The van der Waals surface area contributed by atoms with Crippen LogP contribution in [0, 0.1) is 5.82 Å². The van der Waals surface area contributed by atoms with Gasteiger partial charge in [0.15, 0.2) is 0 Å². The lowest BCUT2D eigenvalue weighted by atomic mass is 10.0. The number of carbonyl (C=O) groups excluding carboxylic acids is 1. The number of aliphatic hydroxyl groups is 1. The average molecular weight is 336 g/mol. The molecule has 2 aromatic carbocycles. The van der Waals surface area contributed by atoms with Crippen LogP contribution in [0.25, 0.3) is 0 Å². The van der Waals surface area contributed by atoms with Crippen molar-refractivity contribution in [3.63, 3.8) is 0 Å². The van der Waals surface area contributed by atoms with Crippen LogP contribution in [0.3, 0.4) is 0 Å². The van der Waals surface area contributed by atoms with E-state index < -0.39 is 6.10 Å². The molecule has 2 rings (SSSR count). The summed E-state index contributed by atoms with van der Waals surface area (Å²) in [5.74, 6) is -0.788. The first-order chi connectivity index (χ1) is 11.0. The molecule has 0 saturated carbocycles. The molecule has 1 amide bonds. The van der Waals surface area contributed by atoms with E-state index in [0.717, 1.165) is 5.56 Å². The molecule has 0 saturated heterocycles. The molecule has 0 fully saturated rings. The highest BCUT2D eigenvalue weighted by molar-refractivity contribution is 6.27. The molecule has 3 nitrogen and oxygen atoms in total. The third-order valence-corrected chi connectivity index (χ3v) is 4.04. The maximum Gasteiger partial charge on any atom is 0.238 e. The van der Waals surface area contributed by atoms with Crippen molar-refractivity contribution >= 4 is 17.5 Å². The first-order valence-corrected chi connectivity index (χ1v) is 7.90. The van der Waals surface area contributed by atoms with Crippen LogP contribution in [0.2, 0.25) is 0 Å². The van der Waals surface area contributed by atoms with Gasteiger partial charge in [-0.2, -0.15) is 0 Å². The van der Waals surface area contributed by atoms with Crippen LogP contribution in [-0.2, 0) is 4.79 Å². The maximum absolute atomic E-state index is 13.0. The quantitative estimate of drug-likeness (QED) is 0.818. The molecule has 0 heterocycles. The van der Waals surface area contributed by atoms with Crippen molar-refractivity contribution in [2.45, 2.75) is 19.1 Å². The van der Waals surface area contributed by atoms with Gasteiger partial charge in [-0.05, 0) is 30.2 Å². The average Bonchev–Trinajstić information content (AvgIpc) is 2.59. The molecule has 0 aliphatic rings. The summed E-state index contributed by atoms with van der Waals surface area (Å²) in [5.41, 5.74) is 1.51. The van der Waals surface area contributed by atoms with Gasteiger partial charge >= 0.3 is 0 Å². The third kappa shape index (κ3) is 4.53. The number of rotatable bonds is 6. The number of hydrogen-bond acceptors (Lipinski definition) is 2. The number of hydrogen-bond donors (Lipinski definition) is 1. The summed E-state index contributed by atoms with van der Waals surface area (Å²) in [6.45, 7) is 1.98. The Morgan fingerprint density at radius 2 is 1.74 bits per heavy atom. The third-order valence-electron chi connectivity index (χ3n) is 3.81. The Hall–Kier alpha value is -1.91. The number of alkyl halides is 1. The van der Waals surface area contributed by atoms with Gasteiger partial charge in [0.2, 0.25) is 5.91 Å². The Bertz CT molecular complexity index is 633. The van der Waals surface area contributed by atoms with E-state index >= 15 is 0 Å². The number of nitrogens with zero attached hydrogens (tertiary/aromatic N) is 1. The largest absolute Gasteiger partial charge is 0.387 e. The minimum atomic E-state index is -0.908. The summed E-state index contributed by atoms with van der Waals surface area (Å²) in [6.07, 6.45) is -0.908. The van der Waals surface area contributed by atoms with E-state index in [2.05, 4.69) is 0 Å². The molecule has 2 atom stereocenters. The Kier molecular flexibility index (Phi) is 6.13. The second-order valence-electron chi connectivity index (χ2n) is 5.33. The van der Waals surface area contributed by atoms with Crippen LogP contribution < -0.4 is 0 Å². The highest BCUT2D eigenvalue weighted by atomic mass is 35.5. The molecule has 2 aromatic rings. The molecule has 1 N–H and O–H groups in total. The zero-order chi connectivity index (χ0) is 16.8. The van der Waals surface area contributed by atoms with Gasteiger partial charge in [-0.1, -0.05) is 42.5 Å². The van der Waals surface area contributed by atoms with Crippen molar-refractivity contribution in [3.05, 3.63) is 71.5 Å². The number of benzene rings is 2. The summed E-state index contributed by atoms with van der Waals surface area (Å²) in [4.78, 5) is 13.7. The van der Waals surface area contributed by atoms with Crippen LogP contribution in [0.1, 0.15) is 30.2 Å². The van der Waals surface area contributed by atoms with Gasteiger partial charge in [0.1, 0.15) is 11.7 Å². The fraction of sp³-hybridized carbons (Fsp3) is 0.278. The highest BCUT2D eigenvalue weighted by Gasteiger charge is 2.24. The molecule has 23 heavy (non-hydrogen) atoms. The summed E-state index contributed by atoms with van der Waals surface area (Å²) in [6, 6.07) is 14.9. The molecule has 0 aliphatic heterocycles. The second kappa shape index (κ2) is 8.09. The van der Waals surface area contributed by atoms with Crippen LogP contribution in [0.5, 0.6) is 0 Å². The lowest BCUT2D eigenvalue weighted by Crippen LogP contribution is -2.37. The van der Waals surface area contributed by atoms with Gasteiger partial charge in [-0.3, -0.25) is 4.79 Å². The van der Waals surface area contributed by atoms with E-state index in [1.165, 1.54) is 29.2 Å². The van der Waals surface area contributed by atoms with Crippen LogP contribution in [0.4, 0.5) is 4.39 Å². The fourth-order valence-electron chi connectivity index (χ4n) is 2.44. The Balaban J connectivity index is 2.18. The van der Waals surface area contributed by atoms with E-state index in [1.807, 2.05) is 37.3 Å². The van der Waals surface area contributed by atoms with E-state index in [4.69, 9.17) is 11.6 Å². The molecule has 122 valence electrons. The normalized spacial score (nSPS) is 13.4. The first kappa shape index (κ1) is 17.4. The molecule has 0 aliphatic carbocycles. The molecular formula is C18H19ClFNO2. The monoisotopic (exact) mass is 335 g/mol. The molecule has 0 radical (unpaired) electrons. The maximum atomic E-state index is 13.0. The minimum absolute atomic E-state index is 0.0905. The minimum Gasteiger partial charge on any atom is -0.387 e. The zero-order valence-corrected chi connectivity index (χ0v) is 13.6. The predicted octanol–water partition coefficient (Wildman–Crippen LogP) is 3.69. The Morgan fingerprint density at radius 1 is 1.13 bits per heavy atom. The van der Waals surface area contributed by atoms with Crippen molar-refractivity contribution in [1.82, 2.24) is 4.90 Å². The van der Waals surface area contributed by atoms with E-state index in [1.54, 1.807) is 0 Å². The first-order valence-electron chi connectivity index (χ1n) is 7.37. The van der Waals surface area contributed by atoms with Gasteiger partial charge < -0.3 is 10.0 Å². The van der Waals surface area contributed by atoms with Crippen molar-refractivity contribution in [3.8, 4) is 0 Å². The van der Waals surface area contributed by atoms with Crippen LogP contribution in [0.15, 0.2) is 54.6 Å². The standard InChI is InChI=1S/C18H19ClFNO2/c1-13(14-5-3-2-4-6-14)21(18(23)11-19)12-17(22)15-7-9-16(20)10-8-15/h2-10,13,17,22H,11-12H2,1H3/t13-,17+/m1/s1. The Labute approximate surface area is 140 Å². The van der Waals surface area contributed by atoms with Gasteiger partial charge in [0.05, 0.1) is 18.7 Å². The van der Waals surface area contributed by atoms with Crippen molar-refractivity contribution < 1.29 is 14.3 Å². The highest BCUT2D eigenvalue weighted by Crippen LogP contribution is 2.24. The molecule has 5 heteroatoms. The number of aliphatic hydroxyl groups excluding tert-OH is 1. The number of amides is 1. The predicted molar refractivity (Wildman–Crippen MR) is 88.6 cm³/mol. The van der Waals surface area contributed by atoms with Gasteiger partial charge in [-0.15, -0.1) is 11.6 Å². The Morgan fingerprint density at radius 3 is 2.30 bits per heavy atom. The van der Waals surface area contributed by atoms with Crippen molar-refractivity contribution in [2.24, 2.45) is 0 Å². The lowest BCUT2D eigenvalue weighted by molar-refractivity contribution is -0.132. The topological polar surface area (TPSA) is 40.5 Å². The molecule has 0 unspecified atom stereocenters. The van der Waals surface area contributed by atoms with Crippen molar-refractivity contribution in [2.75, 3.05) is 12.4 Å². The summed E-state index contributed by atoms with van der Waals surface area (Å²) >= 11 is 5.71. The molecular weight excluding hydrogens is 317 g/mol. The summed E-state index contributed by atoms with van der Waals surface area (Å²) < 4.78 is 13.0. The van der Waals surface area contributed by atoms with Crippen LogP contribution in [-0.4, -0.2) is 28.3 Å². The smallest absolute Gasteiger partial charge is 0.238 e.